The van der Waals surface area contributed by atoms with E-state index in [2.05, 4.69) is 32.7 Å². The Morgan fingerprint density at radius 2 is 2.25 bits per heavy atom. The third-order valence-electron chi connectivity index (χ3n) is 3.66. The van der Waals surface area contributed by atoms with Crippen molar-refractivity contribution in [1.29, 1.82) is 0 Å². The van der Waals surface area contributed by atoms with Crippen molar-refractivity contribution in [3.05, 3.63) is 17.8 Å². The number of aromatic nitrogens is 2. The summed E-state index contributed by atoms with van der Waals surface area (Å²) in [7, 11) is 0. The van der Waals surface area contributed by atoms with Gasteiger partial charge in [0, 0.05) is 19.1 Å². The van der Waals surface area contributed by atoms with Crippen molar-refractivity contribution < 1.29 is 4.79 Å². The van der Waals surface area contributed by atoms with Gasteiger partial charge in [0.25, 0.3) is 5.91 Å². The normalized spacial score (nSPS) is 19.0. The van der Waals surface area contributed by atoms with Gasteiger partial charge < -0.3 is 10.6 Å². The quantitative estimate of drug-likeness (QED) is 0.815. The number of likely N-dealkylation sites (N-methyl/N-ethyl adjacent to an activating group) is 1. The number of carbonyl (C=O) groups excluding carboxylic acids is 1. The van der Waals surface area contributed by atoms with Crippen molar-refractivity contribution in [3.8, 4) is 0 Å². The van der Waals surface area contributed by atoms with Crippen LogP contribution in [0.4, 0.5) is 5.82 Å². The highest BCUT2D eigenvalue weighted by atomic mass is 16.1. The molecule has 6 nitrogen and oxygen atoms in total. The number of anilines is 1. The van der Waals surface area contributed by atoms with Gasteiger partial charge in [0.05, 0.1) is 0 Å². The Morgan fingerprint density at radius 1 is 1.40 bits per heavy atom. The second-order valence-electron chi connectivity index (χ2n) is 4.97. The Balaban J connectivity index is 1.86. The van der Waals surface area contributed by atoms with Gasteiger partial charge in [-0.15, -0.1) is 10.2 Å². The van der Waals surface area contributed by atoms with E-state index in [0.717, 1.165) is 18.9 Å². The molecule has 1 amide bonds. The Hall–Kier alpha value is -1.69. The van der Waals surface area contributed by atoms with E-state index in [4.69, 9.17) is 0 Å². The van der Waals surface area contributed by atoms with Gasteiger partial charge in [0.15, 0.2) is 5.69 Å². The molecule has 0 spiro atoms. The van der Waals surface area contributed by atoms with Crippen LogP contribution in [0.1, 0.15) is 37.2 Å². The van der Waals surface area contributed by atoms with E-state index in [-0.39, 0.29) is 5.91 Å². The Kier molecular flexibility index (Phi) is 5.29. The van der Waals surface area contributed by atoms with Gasteiger partial charge in [0.2, 0.25) is 0 Å². The standard InChI is InChI=1S/C14H23N5O/c1-3-15-14(20)12-7-8-13(18-17-12)16-10-11-6-5-9-19(11)4-2/h7-8,11H,3-6,9-10H2,1-2H3,(H,15,20)(H,16,18). The first-order valence-electron chi connectivity index (χ1n) is 7.34. The molecule has 0 aliphatic carbocycles. The number of hydrogen-bond acceptors (Lipinski definition) is 5. The highest BCUT2D eigenvalue weighted by Gasteiger charge is 2.22. The van der Waals surface area contributed by atoms with E-state index in [1.807, 2.05) is 13.0 Å². The number of carbonyl (C=O) groups is 1. The van der Waals surface area contributed by atoms with Gasteiger partial charge in [-0.05, 0) is 45.0 Å². The molecule has 2 heterocycles. The first kappa shape index (κ1) is 14.7. The summed E-state index contributed by atoms with van der Waals surface area (Å²) in [4.78, 5) is 14.0. The smallest absolute Gasteiger partial charge is 0.271 e. The first-order chi connectivity index (χ1) is 9.74. The van der Waals surface area contributed by atoms with E-state index >= 15 is 0 Å². The number of hydrogen-bond donors (Lipinski definition) is 2. The fourth-order valence-electron chi connectivity index (χ4n) is 2.56. The molecule has 2 N–H and O–H groups in total. The predicted octanol–water partition coefficient (Wildman–Crippen LogP) is 1.12. The number of rotatable bonds is 6. The van der Waals surface area contributed by atoms with E-state index in [9.17, 15) is 4.79 Å². The molecule has 0 bridgehead atoms. The third-order valence-corrected chi connectivity index (χ3v) is 3.66. The zero-order chi connectivity index (χ0) is 14.4. The molecule has 1 atom stereocenters. The monoisotopic (exact) mass is 277 g/mol. The number of nitrogens with zero attached hydrogens (tertiary/aromatic N) is 3. The highest BCUT2D eigenvalue weighted by Crippen LogP contribution is 2.16. The summed E-state index contributed by atoms with van der Waals surface area (Å²) in [5, 5.41) is 14.0. The van der Waals surface area contributed by atoms with Crippen LogP contribution >= 0.6 is 0 Å². The maximum absolute atomic E-state index is 11.6. The minimum absolute atomic E-state index is 0.181. The molecule has 1 aromatic rings. The van der Waals surface area contributed by atoms with Gasteiger partial charge in [0.1, 0.15) is 5.82 Å². The Morgan fingerprint density at radius 3 is 2.90 bits per heavy atom. The van der Waals surface area contributed by atoms with Gasteiger partial charge in [-0.2, -0.15) is 0 Å². The van der Waals surface area contributed by atoms with Crippen molar-refractivity contribution in [2.75, 3.05) is 31.5 Å². The molecular formula is C14H23N5O. The van der Waals surface area contributed by atoms with Crippen LogP contribution in [0, 0.1) is 0 Å². The van der Waals surface area contributed by atoms with Gasteiger partial charge in [-0.1, -0.05) is 6.92 Å². The molecule has 0 aromatic carbocycles. The second-order valence-corrected chi connectivity index (χ2v) is 4.97. The van der Waals surface area contributed by atoms with Crippen LogP contribution in [0.3, 0.4) is 0 Å². The van der Waals surface area contributed by atoms with Crippen LogP contribution < -0.4 is 10.6 Å². The Labute approximate surface area is 120 Å². The number of likely N-dealkylation sites (tertiary alicyclic amines) is 1. The first-order valence-corrected chi connectivity index (χ1v) is 7.34. The van der Waals surface area contributed by atoms with Gasteiger partial charge in [-0.25, -0.2) is 0 Å². The van der Waals surface area contributed by atoms with Gasteiger partial charge in [-0.3, -0.25) is 9.69 Å². The predicted molar refractivity (Wildman–Crippen MR) is 78.8 cm³/mol. The summed E-state index contributed by atoms with van der Waals surface area (Å²) < 4.78 is 0. The van der Waals surface area contributed by atoms with Crippen molar-refractivity contribution in [1.82, 2.24) is 20.4 Å². The van der Waals surface area contributed by atoms with Crippen LogP contribution in [0.15, 0.2) is 12.1 Å². The van der Waals surface area contributed by atoms with Gasteiger partial charge >= 0.3 is 0 Å². The Bertz CT molecular complexity index is 434. The average Bonchev–Trinajstić information content (AvgIpc) is 2.93. The van der Waals surface area contributed by atoms with Crippen LogP contribution in [-0.2, 0) is 0 Å². The fraction of sp³-hybridized carbons (Fsp3) is 0.643. The molecule has 6 heteroatoms. The largest absolute Gasteiger partial charge is 0.367 e. The van der Waals surface area contributed by atoms with Crippen molar-refractivity contribution in [2.45, 2.75) is 32.7 Å². The van der Waals surface area contributed by atoms with Crippen LogP contribution in [0.2, 0.25) is 0 Å². The maximum atomic E-state index is 11.6. The SMILES string of the molecule is CCNC(=O)c1ccc(NCC2CCCN2CC)nn1. The molecular weight excluding hydrogens is 254 g/mol. The molecule has 1 unspecified atom stereocenters. The zero-order valence-corrected chi connectivity index (χ0v) is 12.2. The lowest BCUT2D eigenvalue weighted by Crippen LogP contribution is -2.34. The minimum atomic E-state index is -0.181. The summed E-state index contributed by atoms with van der Waals surface area (Å²) in [6, 6.07) is 4.08. The second kappa shape index (κ2) is 7.19. The minimum Gasteiger partial charge on any atom is -0.367 e. The lowest BCUT2D eigenvalue weighted by molar-refractivity contribution is 0.0950. The van der Waals surface area contributed by atoms with E-state index < -0.39 is 0 Å². The summed E-state index contributed by atoms with van der Waals surface area (Å²) >= 11 is 0. The number of nitrogens with one attached hydrogen (secondary N) is 2. The molecule has 110 valence electrons. The van der Waals surface area contributed by atoms with Crippen molar-refractivity contribution in [2.24, 2.45) is 0 Å². The van der Waals surface area contributed by atoms with E-state index in [1.54, 1.807) is 6.07 Å². The van der Waals surface area contributed by atoms with Crippen LogP contribution in [0.5, 0.6) is 0 Å². The van der Waals surface area contributed by atoms with Crippen LogP contribution in [0.25, 0.3) is 0 Å². The molecule has 0 saturated carbocycles. The molecule has 2 rings (SSSR count). The summed E-state index contributed by atoms with van der Waals surface area (Å²) in [6.45, 7) is 7.82. The average molecular weight is 277 g/mol. The third kappa shape index (κ3) is 3.66. The van der Waals surface area contributed by atoms with Crippen molar-refractivity contribution >= 4 is 11.7 Å². The highest BCUT2D eigenvalue weighted by molar-refractivity contribution is 5.92. The lowest BCUT2D eigenvalue weighted by atomic mass is 10.2. The molecule has 1 saturated heterocycles. The summed E-state index contributed by atoms with van der Waals surface area (Å²) in [5.74, 6) is 0.542. The topological polar surface area (TPSA) is 70.2 Å². The molecule has 1 aliphatic rings. The maximum Gasteiger partial charge on any atom is 0.271 e. The fourth-order valence-corrected chi connectivity index (χ4v) is 2.56. The molecule has 1 fully saturated rings. The summed E-state index contributed by atoms with van der Waals surface area (Å²) in [6.07, 6.45) is 2.49. The van der Waals surface area contributed by atoms with Crippen LogP contribution in [-0.4, -0.2) is 53.2 Å². The molecule has 1 aliphatic heterocycles. The number of amides is 1. The molecule has 0 radical (unpaired) electrons. The summed E-state index contributed by atoms with van der Waals surface area (Å²) in [5.41, 5.74) is 0.355. The van der Waals surface area contributed by atoms with Crippen molar-refractivity contribution in [3.63, 3.8) is 0 Å². The zero-order valence-electron chi connectivity index (χ0n) is 12.2. The molecule has 20 heavy (non-hydrogen) atoms. The van der Waals surface area contributed by atoms with E-state index in [0.29, 0.717) is 18.3 Å². The lowest BCUT2D eigenvalue weighted by Gasteiger charge is -2.22. The van der Waals surface area contributed by atoms with E-state index in [1.165, 1.54) is 19.4 Å². The molecule has 1 aromatic heterocycles.